The summed E-state index contributed by atoms with van der Waals surface area (Å²) in [6, 6.07) is 8.19. The molecule has 0 fully saturated rings. The molecule has 100 valence electrons. The van der Waals surface area contributed by atoms with E-state index < -0.39 is 10.1 Å². The molecule has 2 aromatic rings. The van der Waals surface area contributed by atoms with Gasteiger partial charge in [0.1, 0.15) is 4.90 Å². The van der Waals surface area contributed by atoms with Gasteiger partial charge in [-0.2, -0.15) is 8.42 Å². The Kier molecular flexibility index (Phi) is 3.91. The van der Waals surface area contributed by atoms with Crippen LogP contribution in [0.4, 0.5) is 0 Å². The normalized spacial score (nSPS) is 11.3. The summed E-state index contributed by atoms with van der Waals surface area (Å²) in [5.74, 6) is 0.0578. The summed E-state index contributed by atoms with van der Waals surface area (Å²) in [7, 11) is -3.87. The van der Waals surface area contributed by atoms with E-state index >= 15 is 0 Å². The summed E-state index contributed by atoms with van der Waals surface area (Å²) < 4.78 is 30.3. The van der Waals surface area contributed by atoms with E-state index in [2.05, 4.69) is 20.9 Å². The van der Waals surface area contributed by atoms with Gasteiger partial charge in [0, 0.05) is 16.7 Å². The van der Waals surface area contributed by atoms with Gasteiger partial charge in [-0.05, 0) is 43.2 Å². The summed E-state index contributed by atoms with van der Waals surface area (Å²) in [4.78, 5) is 4.00. The van der Waals surface area contributed by atoms with Crippen molar-refractivity contribution in [1.29, 1.82) is 0 Å². The molecule has 0 radical (unpaired) electrons. The van der Waals surface area contributed by atoms with E-state index in [1.165, 1.54) is 12.3 Å². The van der Waals surface area contributed by atoms with Gasteiger partial charge >= 0.3 is 10.1 Å². The van der Waals surface area contributed by atoms with Crippen LogP contribution >= 0.6 is 15.9 Å². The first-order valence-electron chi connectivity index (χ1n) is 5.52. The fraction of sp³-hybridized carbons (Fsp3) is 0.154. The standard InChI is InChI=1S/C13H12BrNO3S/c1-9-8-12(10(2)7-11(9)14)19(16,17)18-13-5-3-4-6-15-13/h3-8H,1-2H3. The largest absolute Gasteiger partial charge is 0.358 e. The van der Waals surface area contributed by atoms with E-state index in [0.29, 0.717) is 5.56 Å². The summed E-state index contributed by atoms with van der Waals surface area (Å²) in [6.07, 6.45) is 1.48. The number of aromatic nitrogens is 1. The SMILES string of the molecule is Cc1cc(S(=O)(=O)Oc2ccccn2)c(C)cc1Br. The predicted octanol–water partition coefficient (Wildman–Crippen LogP) is 3.23. The van der Waals surface area contributed by atoms with E-state index in [0.717, 1.165) is 10.0 Å². The maximum absolute atomic E-state index is 12.2. The molecule has 0 bridgehead atoms. The third-order valence-corrected chi connectivity index (χ3v) is 4.78. The second-order valence-electron chi connectivity index (χ2n) is 4.07. The molecule has 0 saturated heterocycles. The van der Waals surface area contributed by atoms with Crippen molar-refractivity contribution < 1.29 is 12.6 Å². The molecule has 0 saturated carbocycles. The van der Waals surface area contributed by atoms with E-state index in [9.17, 15) is 8.42 Å². The van der Waals surface area contributed by atoms with E-state index in [1.807, 2.05) is 6.92 Å². The van der Waals surface area contributed by atoms with Gasteiger partial charge in [0.25, 0.3) is 0 Å². The number of halogens is 1. The van der Waals surface area contributed by atoms with Crippen LogP contribution in [-0.4, -0.2) is 13.4 Å². The second-order valence-corrected chi connectivity index (χ2v) is 6.44. The Hall–Kier alpha value is -1.40. The first-order chi connectivity index (χ1) is 8.90. The zero-order chi connectivity index (χ0) is 14.0. The minimum Gasteiger partial charge on any atom is -0.358 e. The molecule has 0 N–H and O–H groups in total. The Morgan fingerprint density at radius 1 is 1.16 bits per heavy atom. The third-order valence-electron chi connectivity index (χ3n) is 2.56. The molecule has 0 atom stereocenters. The molecule has 1 aromatic carbocycles. The van der Waals surface area contributed by atoms with Crippen molar-refractivity contribution in [2.24, 2.45) is 0 Å². The first kappa shape index (κ1) is 14.0. The summed E-state index contributed by atoms with van der Waals surface area (Å²) in [6.45, 7) is 3.54. The van der Waals surface area contributed by atoms with Crippen LogP contribution in [0.25, 0.3) is 0 Å². The average molecular weight is 342 g/mol. The molecule has 0 amide bonds. The number of hydrogen-bond acceptors (Lipinski definition) is 4. The van der Waals surface area contributed by atoms with Crippen LogP contribution in [0.3, 0.4) is 0 Å². The quantitative estimate of drug-likeness (QED) is 0.804. The van der Waals surface area contributed by atoms with E-state index in [4.69, 9.17) is 4.18 Å². The van der Waals surface area contributed by atoms with Crippen molar-refractivity contribution in [3.63, 3.8) is 0 Å². The smallest absolute Gasteiger partial charge is 0.340 e. The monoisotopic (exact) mass is 341 g/mol. The van der Waals surface area contributed by atoms with Crippen LogP contribution in [-0.2, 0) is 10.1 Å². The fourth-order valence-electron chi connectivity index (χ4n) is 1.58. The lowest BCUT2D eigenvalue weighted by Crippen LogP contribution is -2.12. The van der Waals surface area contributed by atoms with Gasteiger partial charge in [-0.25, -0.2) is 4.98 Å². The molecule has 0 aliphatic heterocycles. The van der Waals surface area contributed by atoms with Gasteiger partial charge in [0.15, 0.2) is 0 Å². The zero-order valence-electron chi connectivity index (χ0n) is 10.4. The Bertz CT molecular complexity index is 699. The van der Waals surface area contributed by atoms with Crippen LogP contribution in [0.5, 0.6) is 5.88 Å². The van der Waals surface area contributed by atoms with Crippen LogP contribution in [0, 0.1) is 13.8 Å². The maximum Gasteiger partial charge on any atom is 0.340 e. The molecule has 2 rings (SSSR count). The number of benzene rings is 1. The van der Waals surface area contributed by atoms with E-state index in [-0.39, 0.29) is 10.8 Å². The van der Waals surface area contributed by atoms with Crippen molar-refractivity contribution in [2.45, 2.75) is 18.7 Å². The highest BCUT2D eigenvalue weighted by Gasteiger charge is 2.20. The summed E-state index contributed by atoms with van der Waals surface area (Å²) >= 11 is 3.37. The van der Waals surface area contributed by atoms with Crippen molar-refractivity contribution in [2.75, 3.05) is 0 Å². The highest BCUT2D eigenvalue weighted by atomic mass is 79.9. The molecule has 0 aliphatic rings. The Morgan fingerprint density at radius 2 is 1.89 bits per heavy atom. The Balaban J connectivity index is 2.43. The highest BCUT2D eigenvalue weighted by molar-refractivity contribution is 9.10. The van der Waals surface area contributed by atoms with Crippen LogP contribution < -0.4 is 4.18 Å². The molecule has 6 heteroatoms. The minimum absolute atomic E-state index is 0.0578. The van der Waals surface area contributed by atoms with Crippen LogP contribution in [0.1, 0.15) is 11.1 Å². The van der Waals surface area contributed by atoms with Gasteiger partial charge in [-0.15, -0.1) is 0 Å². The molecule has 1 heterocycles. The molecule has 0 aliphatic carbocycles. The van der Waals surface area contributed by atoms with Gasteiger partial charge in [0.05, 0.1) is 0 Å². The molecule has 0 spiro atoms. The first-order valence-corrected chi connectivity index (χ1v) is 7.72. The number of nitrogens with zero attached hydrogens (tertiary/aromatic N) is 1. The topological polar surface area (TPSA) is 56.3 Å². The van der Waals surface area contributed by atoms with E-state index in [1.54, 1.807) is 31.2 Å². The highest BCUT2D eigenvalue weighted by Crippen LogP contribution is 2.26. The molecular weight excluding hydrogens is 330 g/mol. The van der Waals surface area contributed by atoms with Crippen molar-refractivity contribution in [3.05, 3.63) is 52.1 Å². The van der Waals surface area contributed by atoms with Crippen LogP contribution in [0.2, 0.25) is 0 Å². The zero-order valence-corrected chi connectivity index (χ0v) is 12.8. The Labute approximate surface area is 120 Å². The lowest BCUT2D eigenvalue weighted by Gasteiger charge is -2.10. The molecule has 4 nitrogen and oxygen atoms in total. The molecule has 1 aromatic heterocycles. The lowest BCUT2D eigenvalue weighted by molar-refractivity contribution is 0.475. The number of hydrogen-bond donors (Lipinski definition) is 0. The van der Waals surface area contributed by atoms with Crippen molar-refractivity contribution in [3.8, 4) is 5.88 Å². The number of pyridine rings is 1. The van der Waals surface area contributed by atoms with Gasteiger partial charge < -0.3 is 4.18 Å². The van der Waals surface area contributed by atoms with Crippen molar-refractivity contribution in [1.82, 2.24) is 4.98 Å². The molecular formula is C13H12BrNO3S. The maximum atomic E-state index is 12.2. The molecule has 19 heavy (non-hydrogen) atoms. The van der Waals surface area contributed by atoms with Crippen molar-refractivity contribution >= 4 is 26.0 Å². The summed E-state index contributed by atoms with van der Waals surface area (Å²) in [5.41, 5.74) is 1.45. The van der Waals surface area contributed by atoms with Crippen LogP contribution in [0.15, 0.2) is 45.9 Å². The fourth-order valence-corrected chi connectivity index (χ4v) is 3.22. The summed E-state index contributed by atoms with van der Waals surface area (Å²) in [5, 5.41) is 0. The Morgan fingerprint density at radius 3 is 2.53 bits per heavy atom. The second kappa shape index (κ2) is 5.30. The minimum atomic E-state index is -3.87. The third kappa shape index (κ3) is 3.13. The number of aryl methyl sites for hydroxylation is 2. The van der Waals surface area contributed by atoms with Gasteiger partial charge in [-0.3, -0.25) is 0 Å². The molecule has 0 unspecified atom stereocenters. The lowest BCUT2D eigenvalue weighted by atomic mass is 10.2. The van der Waals surface area contributed by atoms with Gasteiger partial charge in [0.2, 0.25) is 5.88 Å². The number of rotatable bonds is 3. The average Bonchev–Trinajstić information content (AvgIpc) is 2.34. The van der Waals surface area contributed by atoms with Gasteiger partial charge in [-0.1, -0.05) is 22.0 Å². The predicted molar refractivity (Wildman–Crippen MR) is 75.7 cm³/mol.